The van der Waals surface area contributed by atoms with Crippen molar-refractivity contribution in [2.24, 2.45) is 11.8 Å². The minimum absolute atomic E-state index is 0.0412. The summed E-state index contributed by atoms with van der Waals surface area (Å²) in [4.78, 5) is 25.7. The van der Waals surface area contributed by atoms with Crippen LogP contribution in [-0.2, 0) is 14.3 Å². The van der Waals surface area contributed by atoms with Gasteiger partial charge in [-0.1, -0.05) is 42.4 Å². The fourth-order valence-corrected chi connectivity index (χ4v) is 3.40. The second-order valence-electron chi connectivity index (χ2n) is 6.03. The summed E-state index contributed by atoms with van der Waals surface area (Å²) in [6.45, 7) is 1.73. The van der Waals surface area contributed by atoms with Crippen molar-refractivity contribution in [1.29, 1.82) is 0 Å². The van der Waals surface area contributed by atoms with Crippen LogP contribution in [-0.4, -0.2) is 18.5 Å². The third kappa shape index (κ3) is 5.00. The number of para-hydroxylation sites is 1. The largest absolute Gasteiger partial charge is 0.455 e. The highest BCUT2D eigenvalue weighted by Gasteiger charge is 2.40. The summed E-state index contributed by atoms with van der Waals surface area (Å²) >= 11 is 7.43. The van der Waals surface area contributed by atoms with Gasteiger partial charge in [0.05, 0.1) is 11.6 Å². The normalized spacial score (nSPS) is 18.5. The molecule has 0 spiro atoms. The van der Waals surface area contributed by atoms with Crippen molar-refractivity contribution in [1.82, 2.24) is 0 Å². The highest BCUT2D eigenvalue weighted by atomic mass is 35.5. The van der Waals surface area contributed by atoms with E-state index in [1.807, 2.05) is 55.5 Å². The molecule has 2 aromatic carbocycles. The standard InChI is InChI=1S/C19H18ClNO3S/c1-12-10-15(12)19(23)24-11-18(22)21-16-4-2-3-5-17(16)25-14-8-6-13(20)7-9-14/h2-9,12,15H,10-11H2,1H3,(H,21,22). The van der Waals surface area contributed by atoms with E-state index in [1.165, 1.54) is 11.8 Å². The second-order valence-corrected chi connectivity index (χ2v) is 7.58. The Morgan fingerprint density at radius 3 is 2.56 bits per heavy atom. The van der Waals surface area contributed by atoms with Gasteiger partial charge >= 0.3 is 5.97 Å². The first-order valence-corrected chi connectivity index (χ1v) is 9.21. The lowest BCUT2D eigenvalue weighted by atomic mass is 10.3. The summed E-state index contributed by atoms with van der Waals surface area (Å²) in [7, 11) is 0. The van der Waals surface area contributed by atoms with Gasteiger partial charge in [-0.2, -0.15) is 0 Å². The van der Waals surface area contributed by atoms with Gasteiger partial charge in [-0.25, -0.2) is 0 Å². The Labute approximate surface area is 155 Å². The number of nitrogens with one attached hydrogen (secondary N) is 1. The van der Waals surface area contributed by atoms with Crippen molar-refractivity contribution in [3.8, 4) is 0 Å². The summed E-state index contributed by atoms with van der Waals surface area (Å²) in [6.07, 6.45) is 0.848. The molecule has 0 saturated heterocycles. The summed E-state index contributed by atoms with van der Waals surface area (Å²) in [6, 6.07) is 15.0. The van der Waals surface area contributed by atoms with Crippen LogP contribution in [0.5, 0.6) is 0 Å². The first-order chi connectivity index (χ1) is 12.0. The van der Waals surface area contributed by atoms with Gasteiger partial charge in [-0.3, -0.25) is 9.59 Å². The lowest BCUT2D eigenvalue weighted by Crippen LogP contribution is -2.22. The summed E-state index contributed by atoms with van der Waals surface area (Å²) in [5, 5.41) is 3.48. The fourth-order valence-electron chi connectivity index (χ4n) is 2.37. The molecule has 0 aliphatic heterocycles. The number of hydrogen-bond acceptors (Lipinski definition) is 4. The number of esters is 1. The third-order valence-electron chi connectivity index (χ3n) is 3.96. The van der Waals surface area contributed by atoms with E-state index in [1.54, 1.807) is 0 Å². The average molecular weight is 376 g/mol. The molecule has 130 valence electrons. The van der Waals surface area contributed by atoms with E-state index in [2.05, 4.69) is 5.32 Å². The van der Waals surface area contributed by atoms with Crippen LogP contribution in [0.2, 0.25) is 5.02 Å². The molecular weight excluding hydrogens is 358 g/mol. The molecule has 3 rings (SSSR count). The number of benzene rings is 2. The van der Waals surface area contributed by atoms with Gasteiger partial charge in [0.25, 0.3) is 5.91 Å². The van der Waals surface area contributed by atoms with E-state index in [-0.39, 0.29) is 24.4 Å². The van der Waals surface area contributed by atoms with Crippen molar-refractivity contribution in [2.75, 3.05) is 11.9 Å². The zero-order chi connectivity index (χ0) is 17.8. The second kappa shape index (κ2) is 7.93. The van der Waals surface area contributed by atoms with E-state index in [9.17, 15) is 9.59 Å². The van der Waals surface area contributed by atoms with Crippen LogP contribution >= 0.6 is 23.4 Å². The monoisotopic (exact) mass is 375 g/mol. The number of carbonyl (C=O) groups excluding carboxylic acids is 2. The lowest BCUT2D eigenvalue weighted by Gasteiger charge is -2.11. The minimum Gasteiger partial charge on any atom is -0.455 e. The molecule has 4 nitrogen and oxygen atoms in total. The fraction of sp³-hybridized carbons (Fsp3) is 0.263. The lowest BCUT2D eigenvalue weighted by molar-refractivity contribution is -0.148. The van der Waals surface area contributed by atoms with Gasteiger partial charge in [-0.05, 0) is 48.7 Å². The number of anilines is 1. The van der Waals surface area contributed by atoms with E-state index >= 15 is 0 Å². The number of halogens is 1. The molecule has 1 fully saturated rings. The Kier molecular flexibility index (Phi) is 5.66. The molecule has 6 heteroatoms. The van der Waals surface area contributed by atoms with Crippen molar-refractivity contribution in [3.63, 3.8) is 0 Å². The van der Waals surface area contributed by atoms with E-state index in [0.29, 0.717) is 16.6 Å². The number of ether oxygens (including phenoxy) is 1. The Morgan fingerprint density at radius 1 is 1.20 bits per heavy atom. The average Bonchev–Trinajstić information content (AvgIpc) is 3.33. The van der Waals surface area contributed by atoms with Crippen LogP contribution < -0.4 is 5.32 Å². The molecule has 1 N–H and O–H groups in total. The van der Waals surface area contributed by atoms with Gasteiger partial charge in [0, 0.05) is 14.8 Å². The van der Waals surface area contributed by atoms with E-state index in [4.69, 9.17) is 16.3 Å². The SMILES string of the molecule is CC1CC1C(=O)OCC(=O)Nc1ccccc1Sc1ccc(Cl)cc1. The van der Waals surface area contributed by atoms with E-state index < -0.39 is 0 Å². The Bertz CT molecular complexity index is 778. The maximum atomic E-state index is 12.1. The molecule has 2 unspecified atom stereocenters. The van der Waals surface area contributed by atoms with Gasteiger partial charge in [-0.15, -0.1) is 0 Å². The molecule has 2 atom stereocenters. The molecule has 0 radical (unpaired) electrons. The molecule has 1 aliphatic carbocycles. The molecule has 1 amide bonds. The highest BCUT2D eigenvalue weighted by Crippen LogP contribution is 2.38. The van der Waals surface area contributed by atoms with Crippen molar-refractivity contribution in [2.45, 2.75) is 23.1 Å². The van der Waals surface area contributed by atoms with Gasteiger partial charge in [0.1, 0.15) is 0 Å². The summed E-state index contributed by atoms with van der Waals surface area (Å²) in [5.74, 6) is -0.301. The summed E-state index contributed by atoms with van der Waals surface area (Å²) < 4.78 is 5.07. The first kappa shape index (κ1) is 17.8. The third-order valence-corrected chi connectivity index (χ3v) is 5.30. The van der Waals surface area contributed by atoms with Gasteiger partial charge < -0.3 is 10.1 Å². The molecule has 0 bridgehead atoms. The molecule has 1 saturated carbocycles. The molecule has 25 heavy (non-hydrogen) atoms. The van der Waals surface area contributed by atoms with Crippen molar-refractivity contribution >= 4 is 40.9 Å². The van der Waals surface area contributed by atoms with Gasteiger partial charge in [0.2, 0.25) is 0 Å². The maximum absolute atomic E-state index is 12.1. The predicted molar refractivity (Wildman–Crippen MR) is 98.9 cm³/mol. The van der Waals surface area contributed by atoms with Crippen molar-refractivity contribution < 1.29 is 14.3 Å². The van der Waals surface area contributed by atoms with Gasteiger partial charge in [0.15, 0.2) is 6.61 Å². The van der Waals surface area contributed by atoms with Crippen LogP contribution in [0.4, 0.5) is 5.69 Å². The van der Waals surface area contributed by atoms with Crippen LogP contribution in [0.15, 0.2) is 58.3 Å². The number of rotatable bonds is 6. The quantitative estimate of drug-likeness (QED) is 0.748. The predicted octanol–water partition coefficient (Wildman–Crippen LogP) is 4.63. The Hall–Kier alpha value is -1.98. The van der Waals surface area contributed by atoms with Crippen LogP contribution in [0.3, 0.4) is 0 Å². The number of hydrogen-bond donors (Lipinski definition) is 1. The number of amides is 1. The zero-order valence-corrected chi connectivity index (χ0v) is 15.3. The van der Waals surface area contributed by atoms with Crippen LogP contribution in [0.25, 0.3) is 0 Å². The smallest absolute Gasteiger partial charge is 0.309 e. The molecule has 1 aliphatic rings. The maximum Gasteiger partial charge on any atom is 0.309 e. The molecular formula is C19H18ClNO3S. The number of carbonyl (C=O) groups is 2. The summed E-state index contributed by atoms with van der Waals surface area (Å²) in [5.41, 5.74) is 0.684. The minimum atomic E-state index is -0.342. The van der Waals surface area contributed by atoms with Crippen molar-refractivity contribution in [3.05, 3.63) is 53.6 Å². The Morgan fingerprint density at radius 2 is 1.88 bits per heavy atom. The topological polar surface area (TPSA) is 55.4 Å². The molecule has 0 aromatic heterocycles. The van der Waals surface area contributed by atoms with Crippen LogP contribution in [0.1, 0.15) is 13.3 Å². The van der Waals surface area contributed by atoms with Crippen LogP contribution in [0, 0.1) is 11.8 Å². The first-order valence-electron chi connectivity index (χ1n) is 8.02. The highest BCUT2D eigenvalue weighted by molar-refractivity contribution is 7.99. The Balaban J connectivity index is 1.59. The molecule has 0 heterocycles. The van der Waals surface area contributed by atoms with E-state index in [0.717, 1.165) is 16.2 Å². The molecule has 2 aromatic rings. The zero-order valence-electron chi connectivity index (χ0n) is 13.7.